The lowest BCUT2D eigenvalue weighted by Gasteiger charge is -2.20. The van der Waals surface area contributed by atoms with Gasteiger partial charge < -0.3 is 4.57 Å². The third-order valence-electron chi connectivity index (χ3n) is 4.70. The van der Waals surface area contributed by atoms with Gasteiger partial charge in [0, 0.05) is 35.9 Å². The van der Waals surface area contributed by atoms with Crippen molar-refractivity contribution in [3.8, 4) is 11.3 Å². The Morgan fingerprint density at radius 1 is 0.964 bits per heavy atom. The Labute approximate surface area is 165 Å². The third-order valence-corrected chi connectivity index (χ3v) is 9.03. The lowest BCUT2D eigenvalue weighted by atomic mass is 10.1. The number of benzene rings is 1. The Morgan fingerprint density at radius 3 is 2.21 bits per heavy atom. The second-order valence-electron chi connectivity index (χ2n) is 6.46. The van der Waals surface area contributed by atoms with E-state index in [0.29, 0.717) is 9.27 Å². The van der Waals surface area contributed by atoms with Crippen molar-refractivity contribution in [2.45, 2.75) is 20.4 Å². The van der Waals surface area contributed by atoms with Gasteiger partial charge in [-0.1, -0.05) is 21.9 Å². The zero-order chi connectivity index (χ0) is 20.5. The summed E-state index contributed by atoms with van der Waals surface area (Å²) in [5.41, 5.74) is 3.28. The molecule has 3 aromatic rings. The lowest BCUT2D eigenvalue weighted by Crippen LogP contribution is -2.38. The molecule has 150 valence electrons. The zero-order valence-corrected chi connectivity index (χ0v) is 17.7. The molecule has 0 aliphatic carbocycles. The van der Waals surface area contributed by atoms with E-state index in [1.165, 1.54) is 20.0 Å². The molecule has 0 radical (unpaired) electrons. The highest BCUT2D eigenvalue weighted by Gasteiger charge is 2.31. The minimum absolute atomic E-state index is 0.267. The van der Waals surface area contributed by atoms with E-state index in [1.807, 2.05) is 41.9 Å². The Kier molecular flexibility index (Phi) is 5.60. The number of rotatable bonds is 7. The molecule has 7 nitrogen and oxygen atoms in total. The van der Waals surface area contributed by atoms with Gasteiger partial charge in [-0.15, -0.1) is 0 Å². The van der Waals surface area contributed by atoms with Crippen LogP contribution in [0.3, 0.4) is 0 Å². The van der Waals surface area contributed by atoms with Crippen LogP contribution in [0.15, 0.2) is 48.8 Å². The Hall–Kier alpha value is -2.23. The first-order valence-electron chi connectivity index (χ1n) is 8.91. The molecule has 0 saturated carbocycles. The predicted molar refractivity (Wildman–Crippen MR) is 111 cm³/mol. The number of nitrogens with zero attached hydrogens (tertiary/aromatic N) is 3. The molecule has 0 atom stereocenters. The predicted octanol–water partition coefficient (Wildman–Crippen LogP) is 2.74. The number of pyridine rings is 1. The van der Waals surface area contributed by atoms with Crippen LogP contribution in [0, 0.1) is 0 Å². The van der Waals surface area contributed by atoms with Gasteiger partial charge in [0.1, 0.15) is 0 Å². The van der Waals surface area contributed by atoms with E-state index < -0.39 is 20.0 Å². The van der Waals surface area contributed by atoms with Crippen molar-refractivity contribution in [3.05, 3.63) is 54.4 Å². The molecule has 0 aliphatic heterocycles. The molecule has 1 aromatic carbocycles. The number of para-hydroxylation sites is 1. The van der Waals surface area contributed by atoms with E-state index in [-0.39, 0.29) is 18.1 Å². The van der Waals surface area contributed by atoms with Crippen molar-refractivity contribution in [1.29, 1.82) is 0 Å². The molecule has 0 fully saturated rings. The summed E-state index contributed by atoms with van der Waals surface area (Å²) in [6, 6.07) is 11.8. The van der Waals surface area contributed by atoms with Crippen LogP contribution in [-0.4, -0.2) is 41.6 Å². The molecule has 0 spiro atoms. The Bertz CT molecular complexity index is 1180. The fourth-order valence-electron chi connectivity index (χ4n) is 3.09. The molecule has 3 rings (SSSR count). The van der Waals surface area contributed by atoms with Crippen LogP contribution in [0.1, 0.15) is 19.4 Å². The maximum atomic E-state index is 12.4. The number of hydrogen-bond donors (Lipinski definition) is 0. The molecular weight excluding hydrogens is 398 g/mol. The highest BCUT2D eigenvalue weighted by Crippen LogP contribution is 2.27. The van der Waals surface area contributed by atoms with Gasteiger partial charge in [0.05, 0.1) is 23.7 Å². The van der Waals surface area contributed by atoms with Gasteiger partial charge in [-0.2, -0.15) is 0 Å². The first-order chi connectivity index (χ1) is 13.2. The average molecular weight is 422 g/mol. The topological polar surface area (TPSA) is 89.3 Å². The van der Waals surface area contributed by atoms with E-state index in [2.05, 4.69) is 4.98 Å². The van der Waals surface area contributed by atoms with E-state index >= 15 is 0 Å². The molecule has 28 heavy (non-hydrogen) atoms. The van der Waals surface area contributed by atoms with E-state index in [0.717, 1.165) is 22.2 Å². The molecule has 0 unspecified atom stereocenters. The van der Waals surface area contributed by atoms with Gasteiger partial charge in [0.25, 0.3) is 0 Å². The molecule has 0 saturated heterocycles. The maximum absolute atomic E-state index is 12.4. The fraction of sp³-hybridized carbons (Fsp3) is 0.316. The summed E-state index contributed by atoms with van der Waals surface area (Å²) >= 11 is 0. The van der Waals surface area contributed by atoms with E-state index in [9.17, 15) is 16.8 Å². The molecule has 2 aromatic heterocycles. The molecule has 0 amide bonds. The number of aromatic nitrogens is 2. The van der Waals surface area contributed by atoms with Gasteiger partial charge >= 0.3 is 0 Å². The number of sulfonamides is 2. The normalized spacial score (nSPS) is 12.7. The smallest absolute Gasteiger partial charge is 0.227 e. The minimum Gasteiger partial charge on any atom is -0.344 e. The summed E-state index contributed by atoms with van der Waals surface area (Å²) in [4.78, 5) is 4.21. The summed E-state index contributed by atoms with van der Waals surface area (Å²) in [6.45, 7) is 2.59. The minimum atomic E-state index is -3.92. The quantitative estimate of drug-likeness (QED) is 0.585. The largest absolute Gasteiger partial charge is 0.344 e. The second-order valence-corrected chi connectivity index (χ2v) is 11.1. The summed E-state index contributed by atoms with van der Waals surface area (Å²) in [5, 5.41) is 1.08. The molecular formula is C19H23N3O4S2. The van der Waals surface area contributed by atoms with Crippen molar-refractivity contribution in [1.82, 2.24) is 13.3 Å². The van der Waals surface area contributed by atoms with Gasteiger partial charge in [0.2, 0.25) is 20.0 Å². The highest BCUT2D eigenvalue weighted by molar-refractivity contribution is 8.03. The van der Waals surface area contributed by atoms with Gasteiger partial charge in [-0.25, -0.2) is 16.8 Å². The molecule has 0 N–H and O–H groups in total. The number of aryl methyl sites for hydroxylation is 1. The van der Waals surface area contributed by atoms with Crippen LogP contribution in [-0.2, 0) is 33.6 Å². The lowest BCUT2D eigenvalue weighted by molar-refractivity contribution is 0.496. The summed E-state index contributed by atoms with van der Waals surface area (Å²) < 4.78 is 52.0. The summed E-state index contributed by atoms with van der Waals surface area (Å²) in [7, 11) is -5.90. The fourth-order valence-corrected chi connectivity index (χ4v) is 6.37. The SMILES string of the molecule is CCS(=O)(=O)N(Cc1cncc(-c2cc3ccccc3n2C)c1)S(=O)(=O)CC. The second kappa shape index (κ2) is 7.65. The van der Waals surface area contributed by atoms with Crippen LogP contribution < -0.4 is 0 Å². The Balaban J connectivity index is 2.04. The van der Waals surface area contributed by atoms with Crippen LogP contribution in [0.4, 0.5) is 0 Å². The Morgan fingerprint density at radius 2 is 1.61 bits per heavy atom. The molecule has 0 bridgehead atoms. The van der Waals surface area contributed by atoms with Crippen LogP contribution in [0.5, 0.6) is 0 Å². The molecule has 2 heterocycles. The number of hydrogen-bond acceptors (Lipinski definition) is 5. The van der Waals surface area contributed by atoms with Crippen LogP contribution >= 0.6 is 0 Å². The van der Waals surface area contributed by atoms with Crippen molar-refractivity contribution < 1.29 is 16.8 Å². The van der Waals surface area contributed by atoms with Gasteiger partial charge in [0.15, 0.2) is 0 Å². The van der Waals surface area contributed by atoms with Crippen LogP contribution in [0.2, 0.25) is 0 Å². The van der Waals surface area contributed by atoms with Crippen LogP contribution in [0.25, 0.3) is 22.2 Å². The van der Waals surface area contributed by atoms with E-state index in [1.54, 1.807) is 12.3 Å². The first kappa shape index (κ1) is 20.5. The first-order valence-corrected chi connectivity index (χ1v) is 12.1. The van der Waals surface area contributed by atoms with E-state index in [4.69, 9.17) is 0 Å². The summed E-state index contributed by atoms with van der Waals surface area (Å²) in [5.74, 6) is -0.578. The third kappa shape index (κ3) is 3.82. The van der Waals surface area contributed by atoms with Gasteiger partial charge in [-0.3, -0.25) is 4.98 Å². The van der Waals surface area contributed by atoms with Crippen molar-refractivity contribution in [3.63, 3.8) is 0 Å². The maximum Gasteiger partial charge on any atom is 0.227 e. The summed E-state index contributed by atoms with van der Waals surface area (Å²) in [6.07, 6.45) is 3.18. The monoisotopic (exact) mass is 421 g/mol. The zero-order valence-electron chi connectivity index (χ0n) is 16.0. The standard InChI is InChI=1S/C19H23N3O4S2/c1-4-27(23,24)22(28(25,26)5-2)14-15-10-17(13-20-12-15)19-11-16-8-6-7-9-18(16)21(19)3/h6-13H,4-5,14H2,1-3H3. The van der Waals surface area contributed by atoms with Crippen molar-refractivity contribution in [2.24, 2.45) is 7.05 Å². The average Bonchev–Trinajstić information content (AvgIpc) is 3.03. The number of fused-ring (bicyclic) bond motifs is 1. The van der Waals surface area contributed by atoms with Crippen molar-refractivity contribution >= 4 is 30.9 Å². The highest BCUT2D eigenvalue weighted by atomic mass is 32.3. The molecule has 9 heteroatoms. The van der Waals surface area contributed by atoms with Gasteiger partial charge in [-0.05, 0) is 37.6 Å². The van der Waals surface area contributed by atoms with Crippen molar-refractivity contribution in [2.75, 3.05) is 11.5 Å². The molecule has 0 aliphatic rings.